The second-order valence-electron chi connectivity index (χ2n) is 6.15. The van der Waals surface area contributed by atoms with Crippen LogP contribution in [0.25, 0.3) is 6.08 Å². The van der Waals surface area contributed by atoms with Crippen LogP contribution in [-0.4, -0.2) is 42.6 Å². The van der Waals surface area contributed by atoms with Crippen LogP contribution in [0.1, 0.15) is 5.56 Å². The number of methoxy groups -OCH3 is 1. The zero-order chi connectivity index (χ0) is 22.7. The highest BCUT2D eigenvalue weighted by atomic mass is 79.9. The Bertz CT molecular complexity index is 1090. The Morgan fingerprint density at radius 3 is 2.29 bits per heavy atom. The summed E-state index contributed by atoms with van der Waals surface area (Å²) in [4.78, 5) is 49.1. The van der Waals surface area contributed by atoms with Gasteiger partial charge in [0, 0.05) is 0 Å². The first-order valence-electron chi connectivity index (χ1n) is 8.60. The minimum absolute atomic E-state index is 0.249. The van der Waals surface area contributed by atoms with Crippen molar-refractivity contribution in [1.29, 1.82) is 0 Å². The number of barbiturate groups is 1. The fourth-order valence-corrected chi connectivity index (χ4v) is 4.18. The molecule has 1 saturated heterocycles. The molecule has 1 aliphatic heterocycles. The average molecular weight is 554 g/mol. The molecule has 3 rings (SSSR count). The van der Waals surface area contributed by atoms with Gasteiger partial charge in [-0.05, 0) is 79.9 Å². The van der Waals surface area contributed by atoms with Gasteiger partial charge in [-0.1, -0.05) is 0 Å². The standard InChI is InChI=1S/C20H14Br2N2O7/c1-30-12-4-2-11(3-5-12)24-19(28)13(18(27)23-20(24)29)6-10-7-14(21)17(15(22)8-10)31-9-16(25)26/h2-8H,9H2,1H3,(H,25,26)(H,23,27,29)/b13-6-. The molecule has 160 valence electrons. The van der Waals surface area contributed by atoms with Gasteiger partial charge in [0.05, 0.1) is 21.7 Å². The number of hydrogen-bond acceptors (Lipinski definition) is 6. The number of nitrogens with one attached hydrogen (secondary N) is 1. The minimum atomic E-state index is -1.14. The third kappa shape index (κ3) is 4.94. The van der Waals surface area contributed by atoms with Crippen molar-refractivity contribution in [3.05, 3.63) is 56.5 Å². The molecule has 0 aliphatic carbocycles. The van der Waals surface area contributed by atoms with Crippen molar-refractivity contribution < 1.29 is 33.8 Å². The number of carboxylic acid groups (broad SMARTS) is 1. The maximum atomic E-state index is 13.0. The van der Waals surface area contributed by atoms with E-state index < -0.39 is 30.4 Å². The topological polar surface area (TPSA) is 122 Å². The molecule has 0 unspecified atom stereocenters. The molecule has 2 aromatic rings. The van der Waals surface area contributed by atoms with Gasteiger partial charge in [0.2, 0.25) is 0 Å². The molecule has 1 aliphatic rings. The Hall–Kier alpha value is -3.18. The lowest BCUT2D eigenvalue weighted by Gasteiger charge is -2.26. The molecular formula is C20H14Br2N2O7. The number of hydrogen-bond donors (Lipinski definition) is 2. The molecule has 0 bridgehead atoms. The number of carbonyl (C=O) groups is 4. The zero-order valence-electron chi connectivity index (χ0n) is 15.8. The Morgan fingerprint density at radius 1 is 1.13 bits per heavy atom. The lowest BCUT2D eigenvalue weighted by atomic mass is 10.1. The predicted molar refractivity (Wildman–Crippen MR) is 117 cm³/mol. The Labute approximate surface area is 192 Å². The van der Waals surface area contributed by atoms with Crippen molar-refractivity contribution in [2.75, 3.05) is 18.6 Å². The van der Waals surface area contributed by atoms with Crippen molar-refractivity contribution in [3.8, 4) is 11.5 Å². The quantitative estimate of drug-likeness (QED) is 0.415. The predicted octanol–water partition coefficient (Wildman–Crippen LogP) is 3.35. The first kappa shape index (κ1) is 22.5. The van der Waals surface area contributed by atoms with Crippen LogP contribution in [-0.2, 0) is 14.4 Å². The van der Waals surface area contributed by atoms with Gasteiger partial charge in [0.25, 0.3) is 11.8 Å². The number of urea groups is 1. The summed E-state index contributed by atoms with van der Waals surface area (Å²) in [5, 5.41) is 10.9. The molecular weight excluding hydrogens is 540 g/mol. The van der Waals surface area contributed by atoms with Gasteiger partial charge in [-0.15, -0.1) is 0 Å². The first-order valence-corrected chi connectivity index (χ1v) is 10.2. The van der Waals surface area contributed by atoms with E-state index in [0.717, 1.165) is 4.90 Å². The molecule has 11 heteroatoms. The van der Waals surface area contributed by atoms with Crippen LogP contribution in [0.15, 0.2) is 50.9 Å². The number of aliphatic carboxylic acids is 1. The number of rotatable bonds is 6. The number of ether oxygens (including phenoxy) is 2. The summed E-state index contributed by atoms with van der Waals surface area (Å²) in [6.45, 7) is -0.544. The van der Waals surface area contributed by atoms with Crippen molar-refractivity contribution in [2.45, 2.75) is 0 Å². The van der Waals surface area contributed by atoms with Crippen molar-refractivity contribution in [2.24, 2.45) is 0 Å². The van der Waals surface area contributed by atoms with Crippen LogP contribution in [0.2, 0.25) is 0 Å². The average Bonchev–Trinajstić information content (AvgIpc) is 2.70. The SMILES string of the molecule is COc1ccc(N2C(=O)NC(=O)/C(=C/c3cc(Br)c(OCC(=O)O)c(Br)c3)C2=O)cc1. The third-order valence-corrected chi connectivity index (χ3v) is 5.28. The third-order valence-electron chi connectivity index (χ3n) is 4.10. The van der Waals surface area contributed by atoms with E-state index >= 15 is 0 Å². The lowest BCUT2D eigenvalue weighted by Crippen LogP contribution is -2.54. The number of amides is 4. The van der Waals surface area contributed by atoms with Crippen molar-refractivity contribution >= 4 is 67.4 Å². The molecule has 4 amide bonds. The van der Waals surface area contributed by atoms with E-state index in [1.165, 1.54) is 25.3 Å². The zero-order valence-corrected chi connectivity index (χ0v) is 19.0. The van der Waals surface area contributed by atoms with E-state index in [4.69, 9.17) is 14.6 Å². The van der Waals surface area contributed by atoms with E-state index in [2.05, 4.69) is 37.2 Å². The molecule has 1 fully saturated rings. The molecule has 0 spiro atoms. The number of nitrogens with zero attached hydrogens (tertiary/aromatic N) is 1. The molecule has 31 heavy (non-hydrogen) atoms. The number of benzene rings is 2. The Morgan fingerprint density at radius 2 is 1.74 bits per heavy atom. The Kier molecular flexibility index (Phi) is 6.76. The highest BCUT2D eigenvalue weighted by Gasteiger charge is 2.36. The largest absolute Gasteiger partial charge is 0.497 e. The van der Waals surface area contributed by atoms with Gasteiger partial charge in [-0.2, -0.15) is 0 Å². The van der Waals surface area contributed by atoms with Gasteiger partial charge in [0.15, 0.2) is 6.61 Å². The minimum Gasteiger partial charge on any atom is -0.497 e. The number of carbonyl (C=O) groups excluding carboxylic acids is 3. The smallest absolute Gasteiger partial charge is 0.341 e. The number of halogens is 2. The summed E-state index contributed by atoms with van der Waals surface area (Å²) in [6.07, 6.45) is 1.32. The van der Waals surface area contributed by atoms with E-state index in [1.807, 2.05) is 0 Å². The molecule has 1 heterocycles. The van der Waals surface area contributed by atoms with E-state index in [0.29, 0.717) is 20.3 Å². The number of carboxylic acids is 1. The van der Waals surface area contributed by atoms with E-state index in [9.17, 15) is 19.2 Å². The highest BCUT2D eigenvalue weighted by molar-refractivity contribution is 9.11. The van der Waals surface area contributed by atoms with Crippen molar-refractivity contribution in [3.63, 3.8) is 0 Å². The molecule has 0 atom stereocenters. The monoisotopic (exact) mass is 552 g/mol. The molecule has 9 nitrogen and oxygen atoms in total. The first-order chi connectivity index (χ1) is 14.7. The van der Waals surface area contributed by atoms with Crippen LogP contribution in [0, 0.1) is 0 Å². The summed E-state index contributed by atoms with van der Waals surface area (Å²) in [6, 6.07) is 8.43. The fourth-order valence-electron chi connectivity index (χ4n) is 2.72. The summed E-state index contributed by atoms with van der Waals surface area (Å²) in [5.41, 5.74) is 0.443. The molecule has 2 N–H and O–H groups in total. The maximum absolute atomic E-state index is 13.0. The molecule has 2 aromatic carbocycles. The van der Waals surface area contributed by atoms with Crippen molar-refractivity contribution in [1.82, 2.24) is 5.32 Å². The maximum Gasteiger partial charge on any atom is 0.341 e. The highest BCUT2D eigenvalue weighted by Crippen LogP contribution is 2.35. The molecule has 0 aromatic heterocycles. The normalized spacial score (nSPS) is 15.1. The second-order valence-corrected chi connectivity index (χ2v) is 7.86. The van der Waals surface area contributed by atoms with Gasteiger partial charge < -0.3 is 14.6 Å². The summed E-state index contributed by atoms with van der Waals surface area (Å²) >= 11 is 6.55. The number of imide groups is 2. The van der Waals surface area contributed by atoms with E-state index in [-0.39, 0.29) is 17.0 Å². The molecule has 0 radical (unpaired) electrons. The summed E-state index contributed by atoms with van der Waals surface area (Å²) in [7, 11) is 1.49. The summed E-state index contributed by atoms with van der Waals surface area (Å²) < 4.78 is 11.1. The summed E-state index contributed by atoms with van der Waals surface area (Å²) in [5.74, 6) is -1.98. The molecule has 0 saturated carbocycles. The van der Waals surface area contributed by atoms with Crippen LogP contribution in [0.4, 0.5) is 10.5 Å². The lowest BCUT2D eigenvalue weighted by molar-refractivity contribution is -0.139. The van der Waals surface area contributed by atoms with Crippen LogP contribution >= 0.6 is 31.9 Å². The fraction of sp³-hybridized carbons (Fsp3) is 0.100. The van der Waals surface area contributed by atoms with Crippen LogP contribution < -0.4 is 19.7 Å². The van der Waals surface area contributed by atoms with Gasteiger partial charge in [-0.25, -0.2) is 14.5 Å². The number of anilines is 1. The van der Waals surface area contributed by atoms with Crippen LogP contribution in [0.5, 0.6) is 11.5 Å². The van der Waals surface area contributed by atoms with Gasteiger partial charge in [0.1, 0.15) is 17.1 Å². The van der Waals surface area contributed by atoms with E-state index in [1.54, 1.807) is 24.3 Å². The van der Waals surface area contributed by atoms with Gasteiger partial charge >= 0.3 is 12.0 Å². The van der Waals surface area contributed by atoms with Crippen LogP contribution in [0.3, 0.4) is 0 Å². The second kappa shape index (κ2) is 9.31. The Balaban J connectivity index is 1.95. The van der Waals surface area contributed by atoms with Gasteiger partial charge in [-0.3, -0.25) is 14.9 Å².